The molecular formula is C18H21NO. The summed E-state index contributed by atoms with van der Waals surface area (Å²) in [6.07, 6.45) is 2.37. The molecule has 2 heteroatoms. The van der Waals surface area contributed by atoms with Gasteiger partial charge in [-0.25, -0.2) is 0 Å². The first-order chi connectivity index (χ1) is 9.81. The lowest BCUT2D eigenvalue weighted by molar-refractivity contribution is 0.228. The minimum atomic E-state index is 0.280. The molecule has 0 saturated heterocycles. The number of ether oxygens (including phenoxy) is 1. The first-order valence-corrected chi connectivity index (χ1v) is 7.32. The predicted octanol–water partition coefficient (Wildman–Crippen LogP) is 3.13. The molecule has 0 aromatic heterocycles. The van der Waals surface area contributed by atoms with Gasteiger partial charge in [-0.05, 0) is 37.1 Å². The second kappa shape index (κ2) is 6.10. The molecule has 1 heterocycles. The molecule has 1 aliphatic heterocycles. The Labute approximate surface area is 120 Å². The van der Waals surface area contributed by atoms with Crippen molar-refractivity contribution in [3.63, 3.8) is 0 Å². The molecule has 2 aromatic rings. The molecule has 0 spiro atoms. The molecule has 0 saturated carbocycles. The Kier molecular flexibility index (Phi) is 4.03. The van der Waals surface area contributed by atoms with E-state index in [2.05, 4.69) is 60.8 Å². The maximum atomic E-state index is 5.95. The van der Waals surface area contributed by atoms with Gasteiger partial charge in [-0.15, -0.1) is 0 Å². The quantitative estimate of drug-likeness (QED) is 0.840. The first kappa shape index (κ1) is 13.2. The van der Waals surface area contributed by atoms with Gasteiger partial charge in [0.05, 0.1) is 0 Å². The van der Waals surface area contributed by atoms with Crippen LogP contribution in [-0.2, 0) is 12.8 Å². The number of benzene rings is 2. The van der Waals surface area contributed by atoms with Crippen molar-refractivity contribution in [2.45, 2.75) is 25.9 Å². The van der Waals surface area contributed by atoms with E-state index in [1.54, 1.807) is 0 Å². The zero-order valence-electron chi connectivity index (χ0n) is 11.9. The first-order valence-electron chi connectivity index (χ1n) is 7.32. The molecule has 1 N–H and O–H groups in total. The second-order valence-electron chi connectivity index (χ2n) is 5.49. The topological polar surface area (TPSA) is 21.3 Å². The fourth-order valence-corrected chi connectivity index (χ4v) is 2.70. The van der Waals surface area contributed by atoms with Crippen LogP contribution in [0.4, 0.5) is 0 Å². The minimum absolute atomic E-state index is 0.280. The molecule has 20 heavy (non-hydrogen) atoms. The number of aryl methyl sites for hydroxylation is 1. The van der Waals surface area contributed by atoms with Crippen LogP contribution in [0.25, 0.3) is 0 Å². The largest absolute Gasteiger partial charge is 0.488 e. The van der Waals surface area contributed by atoms with Crippen molar-refractivity contribution in [3.8, 4) is 5.75 Å². The average Bonchev–Trinajstić information content (AvgIpc) is 2.86. The van der Waals surface area contributed by atoms with Crippen molar-refractivity contribution in [1.29, 1.82) is 0 Å². The van der Waals surface area contributed by atoms with Gasteiger partial charge in [0.2, 0.25) is 0 Å². The molecule has 0 aliphatic carbocycles. The fraction of sp³-hybridized carbons (Fsp3) is 0.333. The van der Waals surface area contributed by atoms with Crippen molar-refractivity contribution in [3.05, 3.63) is 65.2 Å². The Balaban J connectivity index is 1.43. The lowest BCUT2D eigenvalue weighted by Crippen LogP contribution is -2.31. The molecule has 1 unspecified atom stereocenters. The van der Waals surface area contributed by atoms with Crippen molar-refractivity contribution in [1.82, 2.24) is 5.32 Å². The van der Waals surface area contributed by atoms with E-state index in [9.17, 15) is 0 Å². The van der Waals surface area contributed by atoms with Gasteiger partial charge in [0.25, 0.3) is 0 Å². The monoisotopic (exact) mass is 267 g/mol. The molecule has 0 bridgehead atoms. The molecule has 0 fully saturated rings. The van der Waals surface area contributed by atoms with E-state index in [1.165, 1.54) is 16.7 Å². The molecule has 1 aliphatic rings. The number of hydrogen-bond donors (Lipinski definition) is 1. The SMILES string of the molecule is Cc1ccc2c(c1)CC(CNCCc1ccccc1)O2. The highest BCUT2D eigenvalue weighted by Crippen LogP contribution is 2.29. The van der Waals surface area contributed by atoms with Crippen molar-refractivity contribution in [2.75, 3.05) is 13.1 Å². The minimum Gasteiger partial charge on any atom is -0.488 e. The van der Waals surface area contributed by atoms with Crippen LogP contribution < -0.4 is 10.1 Å². The lowest BCUT2D eigenvalue weighted by Gasteiger charge is -2.11. The summed E-state index contributed by atoms with van der Waals surface area (Å²) in [4.78, 5) is 0. The third-order valence-electron chi connectivity index (χ3n) is 3.76. The zero-order valence-corrected chi connectivity index (χ0v) is 11.9. The summed E-state index contributed by atoms with van der Waals surface area (Å²) in [5.74, 6) is 1.06. The van der Waals surface area contributed by atoms with Crippen LogP contribution >= 0.6 is 0 Å². The summed E-state index contributed by atoms with van der Waals surface area (Å²) >= 11 is 0. The smallest absolute Gasteiger partial charge is 0.123 e. The summed E-state index contributed by atoms with van der Waals surface area (Å²) in [6, 6.07) is 17.0. The lowest BCUT2D eigenvalue weighted by atomic mass is 10.1. The molecule has 3 rings (SSSR count). The molecule has 2 nitrogen and oxygen atoms in total. The molecule has 104 valence electrons. The standard InChI is InChI=1S/C18H21NO/c1-14-7-8-18-16(11-14)12-17(20-18)13-19-10-9-15-5-3-2-4-6-15/h2-8,11,17,19H,9-10,12-13H2,1H3. The molecular weight excluding hydrogens is 246 g/mol. The van der Waals surface area contributed by atoms with Crippen molar-refractivity contribution >= 4 is 0 Å². The van der Waals surface area contributed by atoms with Crippen LogP contribution in [0.15, 0.2) is 48.5 Å². The van der Waals surface area contributed by atoms with Crippen LogP contribution in [0.2, 0.25) is 0 Å². The van der Waals surface area contributed by atoms with Gasteiger partial charge in [0.1, 0.15) is 11.9 Å². The maximum absolute atomic E-state index is 5.95. The molecule has 0 amide bonds. The van der Waals surface area contributed by atoms with Crippen LogP contribution in [0.3, 0.4) is 0 Å². The highest BCUT2D eigenvalue weighted by molar-refractivity contribution is 5.40. The third kappa shape index (κ3) is 3.20. The van der Waals surface area contributed by atoms with Crippen molar-refractivity contribution < 1.29 is 4.74 Å². The number of fused-ring (bicyclic) bond motifs is 1. The van der Waals surface area contributed by atoms with Crippen molar-refractivity contribution in [2.24, 2.45) is 0 Å². The summed E-state index contributed by atoms with van der Waals surface area (Å²) in [7, 11) is 0. The molecule has 1 atom stereocenters. The van der Waals surface area contributed by atoms with Crippen LogP contribution in [0, 0.1) is 6.92 Å². The van der Waals surface area contributed by atoms with Gasteiger partial charge < -0.3 is 10.1 Å². The molecule has 0 radical (unpaired) electrons. The van der Waals surface area contributed by atoms with E-state index in [1.807, 2.05) is 0 Å². The Morgan fingerprint density at radius 1 is 1.15 bits per heavy atom. The maximum Gasteiger partial charge on any atom is 0.123 e. The number of rotatable bonds is 5. The van der Waals surface area contributed by atoms with Gasteiger partial charge in [-0.3, -0.25) is 0 Å². The highest BCUT2D eigenvalue weighted by Gasteiger charge is 2.22. The van der Waals surface area contributed by atoms with Gasteiger partial charge in [-0.2, -0.15) is 0 Å². The van der Waals surface area contributed by atoms with Gasteiger partial charge >= 0.3 is 0 Å². The molecule has 2 aromatic carbocycles. The van der Waals surface area contributed by atoms with Gasteiger partial charge in [0, 0.05) is 13.0 Å². The van der Waals surface area contributed by atoms with E-state index in [0.29, 0.717) is 0 Å². The fourth-order valence-electron chi connectivity index (χ4n) is 2.70. The zero-order chi connectivity index (χ0) is 13.8. The van der Waals surface area contributed by atoms with E-state index in [0.717, 1.165) is 31.7 Å². The average molecular weight is 267 g/mol. The Morgan fingerprint density at radius 2 is 2.00 bits per heavy atom. The number of hydrogen-bond acceptors (Lipinski definition) is 2. The second-order valence-corrected chi connectivity index (χ2v) is 5.49. The normalized spacial score (nSPS) is 16.8. The third-order valence-corrected chi connectivity index (χ3v) is 3.76. The summed E-state index contributed by atoms with van der Waals surface area (Å²) in [5, 5.41) is 3.50. The van der Waals surface area contributed by atoms with Crippen LogP contribution in [-0.4, -0.2) is 19.2 Å². The highest BCUT2D eigenvalue weighted by atomic mass is 16.5. The predicted molar refractivity (Wildman–Crippen MR) is 82.3 cm³/mol. The van der Waals surface area contributed by atoms with E-state index < -0.39 is 0 Å². The van der Waals surface area contributed by atoms with Gasteiger partial charge in [-0.1, -0.05) is 48.0 Å². The Bertz CT molecular complexity index is 565. The Hall–Kier alpha value is -1.80. The van der Waals surface area contributed by atoms with Crippen LogP contribution in [0.5, 0.6) is 5.75 Å². The van der Waals surface area contributed by atoms with E-state index in [-0.39, 0.29) is 6.10 Å². The van der Waals surface area contributed by atoms with E-state index in [4.69, 9.17) is 4.74 Å². The summed E-state index contributed by atoms with van der Waals surface area (Å²) in [6.45, 7) is 4.05. The van der Waals surface area contributed by atoms with Gasteiger partial charge in [0.15, 0.2) is 0 Å². The number of nitrogens with one attached hydrogen (secondary N) is 1. The summed E-state index contributed by atoms with van der Waals surface area (Å²) < 4.78 is 5.95. The van der Waals surface area contributed by atoms with Crippen LogP contribution in [0.1, 0.15) is 16.7 Å². The Morgan fingerprint density at radius 3 is 2.85 bits per heavy atom. The summed E-state index contributed by atoms with van der Waals surface area (Å²) in [5.41, 5.74) is 4.04. The van der Waals surface area contributed by atoms with E-state index >= 15 is 0 Å².